The summed E-state index contributed by atoms with van der Waals surface area (Å²) in [5.74, 6) is -0.128. The Morgan fingerprint density at radius 1 is 1.17 bits per heavy atom. The maximum atomic E-state index is 12.6. The molecule has 1 fully saturated rings. The summed E-state index contributed by atoms with van der Waals surface area (Å²) in [4.78, 5) is 12.3. The van der Waals surface area contributed by atoms with Gasteiger partial charge in [-0.05, 0) is 44.4 Å². The molecule has 1 heterocycles. The van der Waals surface area contributed by atoms with Crippen LogP contribution in [0.2, 0.25) is 0 Å². The van der Waals surface area contributed by atoms with Gasteiger partial charge >= 0.3 is 0 Å². The van der Waals surface area contributed by atoms with Crippen LogP contribution in [0.3, 0.4) is 0 Å². The highest BCUT2D eigenvalue weighted by Crippen LogP contribution is 2.21. The van der Waals surface area contributed by atoms with Crippen molar-refractivity contribution in [2.24, 2.45) is 5.73 Å². The third kappa shape index (κ3) is 4.78. The number of rotatable bonds is 6. The Labute approximate surface area is 144 Å². The van der Waals surface area contributed by atoms with E-state index in [-0.39, 0.29) is 17.2 Å². The fourth-order valence-electron chi connectivity index (χ4n) is 2.69. The molecule has 0 bridgehead atoms. The largest absolute Gasteiger partial charge is 0.350 e. The van der Waals surface area contributed by atoms with Gasteiger partial charge in [0, 0.05) is 25.2 Å². The summed E-state index contributed by atoms with van der Waals surface area (Å²) in [5.41, 5.74) is 5.93. The Kier molecular flexibility index (Phi) is 6.01. The average Bonchev–Trinajstić information content (AvgIpc) is 2.55. The Morgan fingerprint density at radius 3 is 2.29 bits per heavy atom. The number of nitrogens with zero attached hydrogens (tertiary/aromatic N) is 1. The lowest BCUT2D eigenvalue weighted by molar-refractivity contribution is -0.121. The van der Waals surface area contributed by atoms with Crippen LogP contribution in [0, 0.1) is 0 Å². The molecule has 0 saturated carbocycles. The van der Waals surface area contributed by atoms with Gasteiger partial charge in [0.05, 0.1) is 11.3 Å². The standard InChI is InChI=1S/C17H27N3O3S/c1-17(2,13-18)19-16(21)12-14-6-8-15(9-7-14)24(22,23)20-10-4-3-5-11-20/h6-9H,3-5,10-13,18H2,1-2H3,(H,19,21). The van der Waals surface area contributed by atoms with Crippen LogP contribution < -0.4 is 11.1 Å². The summed E-state index contributed by atoms with van der Waals surface area (Å²) in [6.45, 7) is 5.24. The predicted molar refractivity (Wildman–Crippen MR) is 94.0 cm³/mol. The van der Waals surface area contributed by atoms with Crippen LogP contribution in [-0.4, -0.2) is 43.8 Å². The van der Waals surface area contributed by atoms with Gasteiger partial charge in [-0.25, -0.2) is 8.42 Å². The molecule has 1 aliphatic heterocycles. The van der Waals surface area contributed by atoms with Gasteiger partial charge in [-0.15, -0.1) is 0 Å². The van der Waals surface area contributed by atoms with Crippen LogP contribution in [0.15, 0.2) is 29.2 Å². The van der Waals surface area contributed by atoms with Gasteiger partial charge in [0.1, 0.15) is 0 Å². The molecule has 0 atom stereocenters. The first kappa shape index (κ1) is 18.9. The summed E-state index contributed by atoms with van der Waals surface area (Å²) in [5, 5.41) is 2.86. The van der Waals surface area contributed by atoms with Gasteiger partial charge in [0.2, 0.25) is 15.9 Å². The van der Waals surface area contributed by atoms with Crippen LogP contribution in [0.4, 0.5) is 0 Å². The van der Waals surface area contributed by atoms with Gasteiger partial charge in [0.25, 0.3) is 0 Å². The van der Waals surface area contributed by atoms with Crippen molar-refractivity contribution in [1.82, 2.24) is 9.62 Å². The molecule has 0 aliphatic carbocycles. The lowest BCUT2D eigenvalue weighted by atomic mass is 10.1. The van der Waals surface area contributed by atoms with E-state index in [0.717, 1.165) is 24.8 Å². The molecule has 134 valence electrons. The Bertz CT molecular complexity index is 663. The molecule has 6 nitrogen and oxygen atoms in total. The molecular formula is C17H27N3O3S. The van der Waals surface area contributed by atoms with Gasteiger partial charge in [0.15, 0.2) is 0 Å². The van der Waals surface area contributed by atoms with E-state index in [1.165, 1.54) is 0 Å². The highest BCUT2D eigenvalue weighted by Gasteiger charge is 2.25. The highest BCUT2D eigenvalue weighted by molar-refractivity contribution is 7.89. The maximum absolute atomic E-state index is 12.6. The Morgan fingerprint density at radius 2 is 1.75 bits per heavy atom. The van der Waals surface area contributed by atoms with Gasteiger partial charge in [-0.2, -0.15) is 4.31 Å². The number of sulfonamides is 1. The molecule has 1 aromatic carbocycles. The van der Waals surface area contributed by atoms with E-state index in [4.69, 9.17) is 5.73 Å². The average molecular weight is 353 g/mol. The third-order valence-corrected chi connectivity index (χ3v) is 6.14. The van der Waals surface area contributed by atoms with E-state index in [2.05, 4.69) is 5.32 Å². The number of benzene rings is 1. The second-order valence-corrected chi connectivity index (χ2v) is 8.86. The van der Waals surface area contributed by atoms with Crippen molar-refractivity contribution in [3.05, 3.63) is 29.8 Å². The van der Waals surface area contributed by atoms with Crippen molar-refractivity contribution in [2.75, 3.05) is 19.6 Å². The van der Waals surface area contributed by atoms with Crippen molar-refractivity contribution in [1.29, 1.82) is 0 Å². The zero-order chi connectivity index (χ0) is 17.8. The molecule has 7 heteroatoms. The molecular weight excluding hydrogens is 326 g/mol. The van der Waals surface area contributed by atoms with E-state index < -0.39 is 15.6 Å². The lowest BCUT2D eigenvalue weighted by Crippen LogP contribution is -2.49. The minimum absolute atomic E-state index is 0.128. The van der Waals surface area contributed by atoms with Crippen LogP contribution in [0.5, 0.6) is 0 Å². The topological polar surface area (TPSA) is 92.5 Å². The number of amides is 1. The molecule has 0 radical (unpaired) electrons. The van der Waals surface area contributed by atoms with E-state index in [0.29, 0.717) is 19.6 Å². The molecule has 24 heavy (non-hydrogen) atoms. The highest BCUT2D eigenvalue weighted by atomic mass is 32.2. The molecule has 2 rings (SSSR count). The van der Waals surface area contributed by atoms with Crippen molar-refractivity contribution >= 4 is 15.9 Å². The molecule has 1 saturated heterocycles. The zero-order valence-corrected chi connectivity index (χ0v) is 15.2. The van der Waals surface area contributed by atoms with Crippen molar-refractivity contribution in [3.63, 3.8) is 0 Å². The van der Waals surface area contributed by atoms with Crippen LogP contribution in [-0.2, 0) is 21.2 Å². The predicted octanol–water partition coefficient (Wildman–Crippen LogP) is 1.26. The summed E-state index contributed by atoms with van der Waals surface area (Å²) >= 11 is 0. The number of piperidine rings is 1. The van der Waals surface area contributed by atoms with Crippen molar-refractivity contribution in [3.8, 4) is 0 Å². The number of hydrogen-bond acceptors (Lipinski definition) is 4. The lowest BCUT2D eigenvalue weighted by Gasteiger charge is -2.26. The van der Waals surface area contributed by atoms with Gasteiger partial charge in [-0.1, -0.05) is 18.6 Å². The van der Waals surface area contributed by atoms with E-state index in [1.54, 1.807) is 28.6 Å². The number of carbonyl (C=O) groups excluding carboxylic acids is 1. The van der Waals surface area contributed by atoms with Gasteiger partial charge < -0.3 is 11.1 Å². The number of nitrogens with two attached hydrogens (primary N) is 1. The summed E-state index contributed by atoms with van der Waals surface area (Å²) in [6, 6.07) is 6.57. The molecule has 1 aliphatic rings. The van der Waals surface area contributed by atoms with Crippen LogP contribution >= 0.6 is 0 Å². The first-order chi connectivity index (χ1) is 11.2. The fraction of sp³-hybridized carbons (Fsp3) is 0.588. The monoisotopic (exact) mass is 353 g/mol. The molecule has 0 spiro atoms. The minimum atomic E-state index is -3.42. The molecule has 1 amide bonds. The minimum Gasteiger partial charge on any atom is -0.350 e. The second kappa shape index (κ2) is 7.63. The second-order valence-electron chi connectivity index (χ2n) is 6.92. The van der Waals surface area contributed by atoms with Crippen molar-refractivity contribution < 1.29 is 13.2 Å². The van der Waals surface area contributed by atoms with E-state index >= 15 is 0 Å². The number of hydrogen-bond donors (Lipinski definition) is 2. The number of carbonyl (C=O) groups is 1. The quantitative estimate of drug-likeness (QED) is 0.805. The first-order valence-electron chi connectivity index (χ1n) is 8.35. The summed E-state index contributed by atoms with van der Waals surface area (Å²) in [6.07, 6.45) is 3.11. The fourth-order valence-corrected chi connectivity index (χ4v) is 4.21. The van der Waals surface area contributed by atoms with Crippen LogP contribution in [0.25, 0.3) is 0 Å². The Balaban J connectivity index is 2.03. The zero-order valence-electron chi connectivity index (χ0n) is 14.4. The summed E-state index contributed by atoms with van der Waals surface area (Å²) < 4.78 is 26.7. The molecule has 1 aromatic rings. The van der Waals surface area contributed by atoms with Crippen molar-refractivity contribution in [2.45, 2.75) is 50.0 Å². The molecule has 0 unspecified atom stereocenters. The molecule has 3 N–H and O–H groups in total. The molecule has 0 aromatic heterocycles. The normalized spacial score (nSPS) is 16.8. The van der Waals surface area contributed by atoms with Crippen LogP contribution in [0.1, 0.15) is 38.7 Å². The van der Waals surface area contributed by atoms with E-state index in [1.807, 2.05) is 13.8 Å². The Hall–Kier alpha value is -1.44. The SMILES string of the molecule is CC(C)(CN)NC(=O)Cc1ccc(S(=O)(=O)N2CCCCC2)cc1. The summed E-state index contributed by atoms with van der Waals surface area (Å²) in [7, 11) is -3.42. The smallest absolute Gasteiger partial charge is 0.243 e. The van der Waals surface area contributed by atoms with E-state index in [9.17, 15) is 13.2 Å². The first-order valence-corrected chi connectivity index (χ1v) is 9.79. The maximum Gasteiger partial charge on any atom is 0.243 e. The number of nitrogens with one attached hydrogen (secondary N) is 1. The third-order valence-electron chi connectivity index (χ3n) is 4.23. The van der Waals surface area contributed by atoms with Gasteiger partial charge in [-0.3, -0.25) is 4.79 Å².